The minimum absolute atomic E-state index is 0.267. The number of carbonyl (C=O) groups is 1. The molecule has 0 aliphatic heterocycles. The molecular weight excluding hydrogens is 238 g/mol. The van der Waals surface area contributed by atoms with Gasteiger partial charge in [0.15, 0.2) is 5.58 Å². The molecule has 0 fully saturated rings. The molecule has 0 atom stereocenters. The monoisotopic (exact) mass is 247 g/mol. The second-order valence-electron chi connectivity index (χ2n) is 3.51. The minimum atomic E-state index is -0.433. The van der Waals surface area contributed by atoms with Gasteiger partial charge in [0, 0.05) is 10.1 Å². The quantitative estimate of drug-likeness (QED) is 0.652. The van der Waals surface area contributed by atoms with Crippen LogP contribution >= 0.6 is 11.3 Å². The second-order valence-corrected chi connectivity index (χ2v) is 4.56. The van der Waals surface area contributed by atoms with E-state index < -0.39 is 5.97 Å². The van der Waals surface area contributed by atoms with E-state index in [1.54, 1.807) is 6.92 Å². The first-order chi connectivity index (χ1) is 8.31. The highest BCUT2D eigenvalue weighted by Gasteiger charge is 2.21. The van der Waals surface area contributed by atoms with Crippen molar-refractivity contribution in [1.82, 2.24) is 5.16 Å². The third-order valence-corrected chi connectivity index (χ3v) is 3.62. The summed E-state index contributed by atoms with van der Waals surface area (Å²) in [7, 11) is 0. The summed E-state index contributed by atoms with van der Waals surface area (Å²) in [5.74, 6) is -0.433. The fourth-order valence-electron chi connectivity index (χ4n) is 1.73. The highest BCUT2D eigenvalue weighted by Crippen LogP contribution is 2.35. The van der Waals surface area contributed by atoms with Crippen molar-refractivity contribution < 1.29 is 14.1 Å². The zero-order valence-corrected chi connectivity index (χ0v) is 9.91. The lowest BCUT2D eigenvalue weighted by atomic mass is 10.2. The average Bonchev–Trinajstić information content (AvgIpc) is 2.87. The Kier molecular flexibility index (Phi) is 2.33. The average molecular weight is 247 g/mol. The largest absolute Gasteiger partial charge is 0.461 e. The van der Waals surface area contributed by atoms with Crippen molar-refractivity contribution in [3.63, 3.8) is 0 Å². The van der Waals surface area contributed by atoms with Crippen LogP contribution in [0.15, 0.2) is 28.8 Å². The van der Waals surface area contributed by atoms with Gasteiger partial charge in [0.25, 0.3) is 0 Å². The lowest BCUT2D eigenvalue weighted by molar-refractivity contribution is 0.0517. The van der Waals surface area contributed by atoms with Gasteiger partial charge in [-0.1, -0.05) is 17.3 Å². The molecule has 0 aliphatic carbocycles. The molecule has 0 saturated heterocycles. The minimum Gasteiger partial charge on any atom is -0.461 e. The van der Waals surface area contributed by atoms with Crippen molar-refractivity contribution in [2.75, 3.05) is 6.61 Å². The molecule has 3 aromatic rings. The summed E-state index contributed by atoms with van der Waals surface area (Å²) in [6.45, 7) is 2.10. The molecule has 0 saturated carbocycles. The Morgan fingerprint density at radius 3 is 3.12 bits per heavy atom. The van der Waals surface area contributed by atoms with E-state index in [1.807, 2.05) is 24.3 Å². The van der Waals surface area contributed by atoms with Crippen LogP contribution in [0, 0.1) is 0 Å². The van der Waals surface area contributed by atoms with Crippen LogP contribution < -0.4 is 0 Å². The molecule has 3 rings (SSSR count). The van der Waals surface area contributed by atoms with Crippen molar-refractivity contribution in [3.8, 4) is 0 Å². The van der Waals surface area contributed by atoms with Gasteiger partial charge in [-0.15, -0.1) is 11.3 Å². The number of ether oxygens (including phenoxy) is 1. The molecule has 1 aromatic carbocycles. The number of fused-ring (bicyclic) bond motifs is 3. The van der Waals surface area contributed by atoms with Crippen LogP contribution in [-0.2, 0) is 4.74 Å². The predicted octanol–water partition coefficient (Wildman–Crippen LogP) is 3.22. The molecule has 0 amide bonds. The first-order valence-corrected chi connectivity index (χ1v) is 6.07. The first kappa shape index (κ1) is 10.3. The SMILES string of the molecule is CCOC(=O)c1noc2c1sc1ccccc12. The maximum absolute atomic E-state index is 11.7. The van der Waals surface area contributed by atoms with E-state index in [0.717, 1.165) is 14.8 Å². The number of nitrogens with zero attached hydrogens (tertiary/aromatic N) is 1. The zero-order valence-electron chi connectivity index (χ0n) is 9.10. The van der Waals surface area contributed by atoms with Crippen LogP contribution in [0.1, 0.15) is 17.4 Å². The van der Waals surface area contributed by atoms with Gasteiger partial charge in [0.1, 0.15) is 4.70 Å². The molecule has 4 nitrogen and oxygen atoms in total. The van der Waals surface area contributed by atoms with E-state index in [4.69, 9.17) is 9.26 Å². The summed E-state index contributed by atoms with van der Waals surface area (Å²) in [6, 6.07) is 7.83. The van der Waals surface area contributed by atoms with Crippen molar-refractivity contribution >= 4 is 37.7 Å². The fourth-order valence-corrected chi connectivity index (χ4v) is 2.82. The molecule has 0 spiro atoms. The van der Waals surface area contributed by atoms with Gasteiger partial charge in [0.05, 0.1) is 6.61 Å². The lowest BCUT2D eigenvalue weighted by Gasteiger charge is -1.95. The Bertz CT molecular complexity index is 698. The Hall–Kier alpha value is -1.88. The van der Waals surface area contributed by atoms with E-state index in [0.29, 0.717) is 12.2 Å². The number of aromatic nitrogens is 1. The number of thiophene rings is 1. The summed E-state index contributed by atoms with van der Waals surface area (Å²) in [4.78, 5) is 11.7. The van der Waals surface area contributed by atoms with Crippen LogP contribution in [-0.4, -0.2) is 17.7 Å². The molecule has 0 unspecified atom stereocenters. The normalized spacial score (nSPS) is 11.1. The van der Waals surface area contributed by atoms with E-state index >= 15 is 0 Å². The van der Waals surface area contributed by atoms with Crippen LogP contribution in [0.2, 0.25) is 0 Å². The van der Waals surface area contributed by atoms with Gasteiger partial charge in [-0.3, -0.25) is 0 Å². The predicted molar refractivity (Wildman–Crippen MR) is 65.3 cm³/mol. The third kappa shape index (κ3) is 1.51. The third-order valence-electron chi connectivity index (χ3n) is 2.46. The van der Waals surface area contributed by atoms with Crippen LogP contribution in [0.3, 0.4) is 0 Å². The molecule has 2 aromatic heterocycles. The van der Waals surface area contributed by atoms with Gasteiger partial charge in [-0.25, -0.2) is 4.79 Å². The van der Waals surface area contributed by atoms with E-state index in [9.17, 15) is 4.79 Å². The zero-order chi connectivity index (χ0) is 11.8. The lowest BCUT2D eigenvalue weighted by Crippen LogP contribution is -2.04. The van der Waals surface area contributed by atoms with Gasteiger partial charge in [0.2, 0.25) is 5.69 Å². The number of rotatable bonds is 2. The van der Waals surface area contributed by atoms with Gasteiger partial charge in [-0.2, -0.15) is 0 Å². The van der Waals surface area contributed by atoms with E-state index in [1.165, 1.54) is 11.3 Å². The number of esters is 1. The smallest absolute Gasteiger partial charge is 0.362 e. The maximum atomic E-state index is 11.7. The summed E-state index contributed by atoms with van der Waals surface area (Å²) in [5, 5.41) is 4.77. The fraction of sp³-hybridized carbons (Fsp3) is 0.167. The Labute approximate surface area is 101 Å². The summed E-state index contributed by atoms with van der Waals surface area (Å²) < 4.78 is 12.0. The van der Waals surface area contributed by atoms with E-state index in [-0.39, 0.29) is 5.69 Å². The molecular formula is C12H9NO3S. The van der Waals surface area contributed by atoms with Gasteiger partial charge in [-0.05, 0) is 19.1 Å². The molecule has 0 radical (unpaired) electrons. The molecule has 0 aliphatic rings. The van der Waals surface area contributed by atoms with Gasteiger partial charge < -0.3 is 9.26 Å². The molecule has 86 valence electrons. The molecule has 0 bridgehead atoms. The Morgan fingerprint density at radius 1 is 1.47 bits per heavy atom. The van der Waals surface area contributed by atoms with Crippen molar-refractivity contribution in [2.24, 2.45) is 0 Å². The summed E-state index contributed by atoms with van der Waals surface area (Å²) >= 11 is 1.49. The standard InChI is InChI=1S/C12H9NO3S/c1-2-15-12(14)9-11-10(16-13-9)7-5-3-4-6-8(7)17-11/h3-6H,2H2,1H3. The van der Waals surface area contributed by atoms with Crippen molar-refractivity contribution in [1.29, 1.82) is 0 Å². The first-order valence-electron chi connectivity index (χ1n) is 5.25. The number of hydrogen-bond donors (Lipinski definition) is 0. The Balaban J connectivity index is 2.24. The van der Waals surface area contributed by atoms with Gasteiger partial charge >= 0.3 is 5.97 Å². The Morgan fingerprint density at radius 2 is 2.29 bits per heavy atom. The van der Waals surface area contributed by atoms with Crippen LogP contribution in [0.4, 0.5) is 0 Å². The summed E-state index contributed by atoms with van der Waals surface area (Å²) in [6.07, 6.45) is 0. The number of hydrogen-bond acceptors (Lipinski definition) is 5. The topological polar surface area (TPSA) is 52.3 Å². The number of carbonyl (C=O) groups excluding carboxylic acids is 1. The highest BCUT2D eigenvalue weighted by atomic mass is 32.1. The maximum Gasteiger partial charge on any atom is 0.362 e. The molecule has 2 heterocycles. The highest BCUT2D eigenvalue weighted by molar-refractivity contribution is 7.26. The molecule has 0 N–H and O–H groups in total. The van der Waals surface area contributed by atoms with Crippen LogP contribution in [0.5, 0.6) is 0 Å². The van der Waals surface area contributed by atoms with Crippen molar-refractivity contribution in [3.05, 3.63) is 30.0 Å². The molecule has 17 heavy (non-hydrogen) atoms. The summed E-state index contributed by atoms with van der Waals surface area (Å²) in [5.41, 5.74) is 0.928. The van der Waals surface area contributed by atoms with Crippen molar-refractivity contribution in [2.45, 2.75) is 6.92 Å². The van der Waals surface area contributed by atoms with Crippen LogP contribution in [0.25, 0.3) is 20.4 Å². The van der Waals surface area contributed by atoms with E-state index in [2.05, 4.69) is 5.16 Å². The number of benzene rings is 1. The molecule has 5 heteroatoms. The second kappa shape index (κ2) is 3.85.